The van der Waals surface area contributed by atoms with Crippen LogP contribution in [0.4, 0.5) is 4.79 Å². The topological polar surface area (TPSA) is 139 Å². The van der Waals surface area contributed by atoms with Crippen LogP contribution >= 0.6 is 11.6 Å². The van der Waals surface area contributed by atoms with Gasteiger partial charge in [-0.3, -0.25) is 19.8 Å². The summed E-state index contributed by atoms with van der Waals surface area (Å²) in [5, 5.41) is 9.26. The molecule has 1 unspecified atom stereocenters. The monoisotopic (exact) mass is 711 g/mol. The summed E-state index contributed by atoms with van der Waals surface area (Å²) in [5.74, 6) is -1.78. The quantitative estimate of drug-likeness (QED) is 0.0991. The van der Waals surface area contributed by atoms with E-state index in [0.717, 1.165) is 21.9 Å². The van der Waals surface area contributed by atoms with Gasteiger partial charge >= 0.3 is 12.0 Å². The zero-order chi connectivity index (χ0) is 36.8. The Hall–Kier alpha value is -4.23. The normalized spacial score (nSPS) is 12.8. The number of benzene rings is 3. The van der Waals surface area contributed by atoms with Crippen molar-refractivity contribution in [3.63, 3.8) is 0 Å². The van der Waals surface area contributed by atoms with E-state index in [0.29, 0.717) is 18.2 Å². The number of urea groups is 1. The lowest BCUT2D eigenvalue weighted by atomic mass is 10.0. The maximum atomic E-state index is 14.6. The lowest BCUT2D eigenvalue weighted by molar-refractivity contribution is -0.180. The van der Waals surface area contributed by atoms with Gasteiger partial charge in [-0.25, -0.2) is 9.80 Å². The van der Waals surface area contributed by atoms with Gasteiger partial charge in [0.2, 0.25) is 11.8 Å². The third-order valence-corrected chi connectivity index (χ3v) is 7.77. The van der Waals surface area contributed by atoms with Crippen LogP contribution in [0.15, 0.2) is 66.7 Å². The Labute approximate surface area is 299 Å². The van der Waals surface area contributed by atoms with Crippen molar-refractivity contribution in [3.8, 4) is 0 Å². The number of amides is 4. The molecule has 0 saturated heterocycles. The Morgan fingerprint density at radius 2 is 1.54 bits per heavy atom. The first-order valence-corrected chi connectivity index (χ1v) is 17.1. The Morgan fingerprint density at radius 1 is 0.900 bits per heavy atom. The Morgan fingerprint density at radius 3 is 2.18 bits per heavy atom. The van der Waals surface area contributed by atoms with Crippen LogP contribution in [-0.2, 0) is 41.7 Å². The molecule has 0 saturated carbocycles. The van der Waals surface area contributed by atoms with Gasteiger partial charge < -0.3 is 29.7 Å². The molecule has 3 rings (SSSR count). The summed E-state index contributed by atoms with van der Waals surface area (Å²) >= 11 is 5.93. The molecule has 0 aromatic heterocycles. The molecule has 13 heteroatoms. The van der Waals surface area contributed by atoms with Gasteiger partial charge in [-0.2, -0.15) is 0 Å². The standard InChI is InChI=1S/C37H50ClN5O7/c1-8-48-35(49-9-2)25(3)43(23-28-15-12-14-27-13-10-11-16-30(27)28)34(46)31(21-33(45)50-37(4,5)6)40-32(44)24-42(7)41-36(47)39-22-26-17-19-29(38)20-18-26/h10-20,25,31,35H,8-9,21-24H2,1-7H3,(H,40,44)(H2,39,41,47)/t25-,31?/m0/s1. The molecule has 3 aromatic carbocycles. The molecule has 50 heavy (non-hydrogen) atoms. The van der Waals surface area contributed by atoms with Gasteiger partial charge in [0.05, 0.1) is 19.0 Å². The zero-order valence-corrected chi connectivity index (χ0v) is 30.7. The molecule has 0 aliphatic rings. The van der Waals surface area contributed by atoms with Gasteiger partial charge in [-0.1, -0.05) is 66.2 Å². The van der Waals surface area contributed by atoms with Crippen LogP contribution in [0.25, 0.3) is 10.8 Å². The number of carbonyl (C=O) groups excluding carboxylic acids is 4. The molecule has 0 spiro atoms. The minimum atomic E-state index is -1.30. The van der Waals surface area contributed by atoms with Crippen molar-refractivity contribution in [2.45, 2.75) is 85.0 Å². The highest BCUT2D eigenvalue weighted by molar-refractivity contribution is 6.30. The molecule has 3 N–H and O–H groups in total. The number of fused-ring (bicyclic) bond motifs is 1. The average Bonchev–Trinajstić information content (AvgIpc) is 3.05. The molecular weight excluding hydrogens is 662 g/mol. The van der Waals surface area contributed by atoms with Gasteiger partial charge in [0, 0.05) is 38.4 Å². The number of likely N-dealkylation sites (N-methyl/N-ethyl adjacent to an activating group) is 1. The number of carbonyl (C=O) groups is 4. The highest BCUT2D eigenvalue weighted by Gasteiger charge is 2.36. The van der Waals surface area contributed by atoms with Gasteiger partial charge in [0.15, 0.2) is 6.29 Å². The predicted molar refractivity (Wildman–Crippen MR) is 193 cm³/mol. The largest absolute Gasteiger partial charge is 0.460 e. The van der Waals surface area contributed by atoms with Crippen LogP contribution in [0, 0.1) is 0 Å². The fourth-order valence-electron chi connectivity index (χ4n) is 5.28. The number of hydrazine groups is 1. The summed E-state index contributed by atoms with van der Waals surface area (Å²) < 4.78 is 17.3. The van der Waals surface area contributed by atoms with Crippen molar-refractivity contribution in [3.05, 3.63) is 82.9 Å². The fourth-order valence-corrected chi connectivity index (χ4v) is 5.41. The molecule has 0 heterocycles. The number of nitrogens with zero attached hydrogens (tertiary/aromatic N) is 2. The number of rotatable bonds is 17. The van der Waals surface area contributed by atoms with E-state index in [9.17, 15) is 19.2 Å². The van der Waals surface area contributed by atoms with Gasteiger partial charge in [0.1, 0.15) is 11.6 Å². The van der Waals surface area contributed by atoms with E-state index in [-0.39, 0.29) is 19.6 Å². The van der Waals surface area contributed by atoms with E-state index < -0.39 is 54.2 Å². The van der Waals surface area contributed by atoms with Crippen LogP contribution in [-0.4, -0.2) is 84.5 Å². The van der Waals surface area contributed by atoms with E-state index in [1.807, 2.05) is 63.2 Å². The second kappa shape index (κ2) is 19.2. The second-order valence-corrected chi connectivity index (χ2v) is 13.2. The van der Waals surface area contributed by atoms with Crippen molar-refractivity contribution in [1.29, 1.82) is 0 Å². The number of hydrogen-bond acceptors (Lipinski definition) is 8. The zero-order valence-electron chi connectivity index (χ0n) is 30.0. The summed E-state index contributed by atoms with van der Waals surface area (Å²) in [4.78, 5) is 55.2. The summed E-state index contributed by atoms with van der Waals surface area (Å²) in [6, 6.07) is 18.3. The number of ether oxygens (including phenoxy) is 3. The van der Waals surface area contributed by atoms with E-state index in [2.05, 4.69) is 16.1 Å². The first kappa shape index (κ1) is 40.2. The van der Waals surface area contributed by atoms with Crippen LogP contribution in [0.2, 0.25) is 5.02 Å². The number of halogens is 1. The van der Waals surface area contributed by atoms with Crippen LogP contribution in [0.1, 0.15) is 59.1 Å². The summed E-state index contributed by atoms with van der Waals surface area (Å²) in [7, 11) is 1.51. The van der Waals surface area contributed by atoms with Crippen molar-refractivity contribution in [1.82, 2.24) is 26.0 Å². The number of nitrogens with one attached hydrogen (secondary N) is 3. The number of esters is 1. The Kier molecular flexibility index (Phi) is 15.5. The SMILES string of the molecule is CCOC(OCC)[C@H](C)N(Cc1cccc2ccccc12)C(=O)C(CC(=O)OC(C)(C)C)NC(=O)CN(C)NC(=O)NCc1ccc(Cl)cc1. The second-order valence-electron chi connectivity index (χ2n) is 12.8. The molecule has 0 fully saturated rings. The van der Waals surface area contributed by atoms with E-state index in [1.54, 1.807) is 49.9 Å². The van der Waals surface area contributed by atoms with Crippen molar-refractivity contribution < 1.29 is 33.4 Å². The highest BCUT2D eigenvalue weighted by atomic mass is 35.5. The highest BCUT2D eigenvalue weighted by Crippen LogP contribution is 2.24. The van der Waals surface area contributed by atoms with Crippen molar-refractivity contribution >= 4 is 46.2 Å². The molecule has 0 radical (unpaired) electrons. The van der Waals surface area contributed by atoms with Gasteiger partial charge in [-0.15, -0.1) is 0 Å². The van der Waals surface area contributed by atoms with Gasteiger partial charge in [-0.05, 0) is 75.6 Å². The molecule has 0 bridgehead atoms. The fraction of sp³-hybridized carbons (Fsp3) is 0.459. The molecule has 4 amide bonds. The minimum Gasteiger partial charge on any atom is -0.460 e. The smallest absolute Gasteiger partial charge is 0.329 e. The lowest BCUT2D eigenvalue weighted by Gasteiger charge is -2.37. The minimum absolute atomic E-state index is 0.147. The Balaban J connectivity index is 1.84. The van der Waals surface area contributed by atoms with E-state index >= 15 is 0 Å². The predicted octanol–water partition coefficient (Wildman–Crippen LogP) is 5.17. The molecule has 12 nitrogen and oxygen atoms in total. The van der Waals surface area contributed by atoms with E-state index in [1.165, 1.54) is 12.1 Å². The maximum absolute atomic E-state index is 14.6. The van der Waals surface area contributed by atoms with Crippen LogP contribution < -0.4 is 16.1 Å². The first-order chi connectivity index (χ1) is 23.7. The summed E-state index contributed by atoms with van der Waals surface area (Å²) in [6.07, 6.45) is -1.20. The van der Waals surface area contributed by atoms with Gasteiger partial charge in [0.25, 0.3) is 0 Å². The lowest BCUT2D eigenvalue weighted by Crippen LogP contribution is -2.56. The summed E-state index contributed by atoms with van der Waals surface area (Å²) in [5.41, 5.74) is 3.47. The third kappa shape index (κ3) is 12.9. The van der Waals surface area contributed by atoms with Crippen molar-refractivity contribution in [2.24, 2.45) is 0 Å². The third-order valence-electron chi connectivity index (χ3n) is 7.51. The molecule has 3 aromatic rings. The number of hydrogen-bond donors (Lipinski definition) is 3. The summed E-state index contributed by atoms with van der Waals surface area (Å²) in [6.45, 7) is 11.4. The maximum Gasteiger partial charge on any atom is 0.329 e. The molecule has 0 aliphatic carbocycles. The average molecular weight is 712 g/mol. The Bertz CT molecular complexity index is 1570. The molecule has 272 valence electrons. The van der Waals surface area contributed by atoms with Crippen LogP contribution in [0.5, 0.6) is 0 Å². The van der Waals surface area contributed by atoms with E-state index in [4.69, 9.17) is 25.8 Å². The molecular formula is C37H50ClN5O7. The van der Waals surface area contributed by atoms with Crippen LogP contribution in [0.3, 0.4) is 0 Å². The molecule has 2 atom stereocenters. The van der Waals surface area contributed by atoms with Crippen molar-refractivity contribution in [2.75, 3.05) is 26.8 Å². The molecule has 0 aliphatic heterocycles. The first-order valence-electron chi connectivity index (χ1n) is 16.7.